The molecule has 0 atom stereocenters. The Balaban J connectivity index is 1.99. The Morgan fingerprint density at radius 1 is 1.33 bits per heavy atom. The van der Waals surface area contributed by atoms with Crippen LogP contribution in [0.15, 0.2) is 38.6 Å². The Hall–Kier alpha value is -3.16. The first-order valence-electron chi connectivity index (χ1n) is 6.80. The molecular formula is C14H9ClN6O3. The van der Waals surface area contributed by atoms with Gasteiger partial charge in [-0.2, -0.15) is 9.97 Å². The van der Waals surface area contributed by atoms with Gasteiger partial charge in [0.05, 0.1) is 0 Å². The molecule has 2 aromatic heterocycles. The highest BCUT2D eigenvalue weighted by Crippen LogP contribution is 2.25. The van der Waals surface area contributed by atoms with Crippen LogP contribution in [0.1, 0.15) is 12.7 Å². The number of aromatic nitrogens is 3. The summed E-state index contributed by atoms with van der Waals surface area (Å²) < 4.78 is 10.6. The number of nitrogens with zero attached hydrogens (tertiary/aromatic N) is 6. The second-order valence-electron chi connectivity index (χ2n) is 4.57. The third kappa shape index (κ3) is 3.27. The topological polar surface area (TPSA) is 127 Å². The first-order chi connectivity index (χ1) is 11.6. The average Bonchev–Trinajstić information content (AvgIpc) is 2.55. The van der Waals surface area contributed by atoms with Gasteiger partial charge in [0.15, 0.2) is 0 Å². The number of ether oxygens (including phenoxy) is 1. The van der Waals surface area contributed by atoms with Crippen LogP contribution < -0.4 is 10.4 Å². The van der Waals surface area contributed by atoms with E-state index in [2.05, 4.69) is 25.0 Å². The Labute approximate surface area is 139 Å². The molecule has 10 heteroatoms. The maximum absolute atomic E-state index is 11.7. The van der Waals surface area contributed by atoms with Crippen molar-refractivity contribution in [3.05, 3.63) is 56.2 Å². The molecule has 24 heavy (non-hydrogen) atoms. The van der Waals surface area contributed by atoms with Crippen LogP contribution in [0.2, 0.25) is 5.28 Å². The summed E-state index contributed by atoms with van der Waals surface area (Å²) in [6.07, 6.45) is 0.577. The molecule has 0 spiro atoms. The molecule has 2 heterocycles. The van der Waals surface area contributed by atoms with Crippen molar-refractivity contribution < 1.29 is 9.15 Å². The van der Waals surface area contributed by atoms with Crippen LogP contribution in [-0.4, -0.2) is 15.0 Å². The fourth-order valence-corrected chi connectivity index (χ4v) is 2.11. The number of fused-ring (bicyclic) bond motifs is 1. The lowest BCUT2D eigenvalue weighted by atomic mass is 10.2. The number of rotatable bonds is 4. The summed E-state index contributed by atoms with van der Waals surface area (Å²) in [5.74, 6) is 0.850. The molecule has 120 valence electrons. The first kappa shape index (κ1) is 15.7. The predicted molar refractivity (Wildman–Crippen MR) is 85.6 cm³/mol. The molecule has 0 N–H and O–H groups in total. The molecule has 0 amide bonds. The van der Waals surface area contributed by atoms with Crippen LogP contribution in [0.3, 0.4) is 0 Å². The van der Waals surface area contributed by atoms with Gasteiger partial charge in [-0.15, -0.1) is 0 Å². The molecule has 0 aliphatic carbocycles. The van der Waals surface area contributed by atoms with Gasteiger partial charge in [-0.3, -0.25) is 0 Å². The fraction of sp³-hybridized carbons (Fsp3) is 0.143. The SMILES string of the molecule is CCc1nc(Cl)nc(Oc2ccc3cc(N=[N+]=[N-])c(=O)oc3c2)n1. The largest absolute Gasteiger partial charge is 0.424 e. The van der Waals surface area contributed by atoms with Crippen molar-refractivity contribution in [3.63, 3.8) is 0 Å². The van der Waals surface area contributed by atoms with E-state index in [-0.39, 0.29) is 22.6 Å². The minimum atomic E-state index is -0.742. The van der Waals surface area contributed by atoms with Crippen molar-refractivity contribution in [1.29, 1.82) is 0 Å². The zero-order valence-corrected chi connectivity index (χ0v) is 13.1. The highest BCUT2D eigenvalue weighted by Gasteiger charge is 2.09. The normalized spacial score (nSPS) is 10.4. The quantitative estimate of drug-likeness (QED) is 0.305. The fourth-order valence-electron chi connectivity index (χ4n) is 1.94. The number of benzene rings is 1. The van der Waals surface area contributed by atoms with Crippen LogP contribution >= 0.6 is 11.6 Å². The maximum atomic E-state index is 11.7. The molecule has 0 radical (unpaired) electrons. The third-order valence-corrected chi connectivity index (χ3v) is 3.17. The summed E-state index contributed by atoms with van der Waals surface area (Å²) in [7, 11) is 0. The lowest BCUT2D eigenvalue weighted by molar-refractivity contribution is 0.435. The van der Waals surface area contributed by atoms with E-state index in [1.165, 1.54) is 12.1 Å². The molecule has 0 bridgehead atoms. The van der Waals surface area contributed by atoms with E-state index in [9.17, 15) is 4.79 Å². The summed E-state index contributed by atoms with van der Waals surface area (Å²) in [5.41, 5.74) is 7.83. The first-order valence-corrected chi connectivity index (χ1v) is 7.18. The lowest BCUT2D eigenvalue weighted by Gasteiger charge is -2.06. The monoisotopic (exact) mass is 344 g/mol. The summed E-state index contributed by atoms with van der Waals surface area (Å²) >= 11 is 5.82. The van der Waals surface area contributed by atoms with E-state index in [0.717, 1.165) is 0 Å². The lowest BCUT2D eigenvalue weighted by Crippen LogP contribution is -2.00. The molecule has 9 nitrogen and oxygen atoms in total. The number of halogens is 1. The van der Waals surface area contributed by atoms with Gasteiger partial charge in [0, 0.05) is 22.8 Å². The zero-order chi connectivity index (χ0) is 17.1. The van der Waals surface area contributed by atoms with E-state index >= 15 is 0 Å². The van der Waals surface area contributed by atoms with Gasteiger partial charge in [0.25, 0.3) is 0 Å². The van der Waals surface area contributed by atoms with Gasteiger partial charge in [0.1, 0.15) is 22.8 Å². The van der Waals surface area contributed by atoms with Crippen molar-refractivity contribution >= 4 is 28.3 Å². The minimum absolute atomic E-state index is 0.0307. The van der Waals surface area contributed by atoms with Crippen LogP contribution in [0.4, 0.5) is 5.69 Å². The van der Waals surface area contributed by atoms with Gasteiger partial charge in [-0.25, -0.2) is 9.78 Å². The number of hydrogen-bond donors (Lipinski definition) is 0. The summed E-state index contributed by atoms with van der Waals surface area (Å²) in [5, 5.41) is 3.88. The van der Waals surface area contributed by atoms with E-state index in [0.29, 0.717) is 23.4 Å². The minimum Gasteiger partial charge on any atom is -0.424 e. The van der Waals surface area contributed by atoms with E-state index in [4.69, 9.17) is 26.3 Å². The Bertz CT molecular complexity index is 1030. The smallest absolute Gasteiger partial charge is 0.345 e. The summed E-state index contributed by atoms with van der Waals surface area (Å²) in [4.78, 5) is 26.2. The van der Waals surface area contributed by atoms with Crippen molar-refractivity contribution in [2.75, 3.05) is 0 Å². The highest BCUT2D eigenvalue weighted by atomic mass is 35.5. The van der Waals surface area contributed by atoms with Crippen molar-refractivity contribution in [2.45, 2.75) is 13.3 Å². The predicted octanol–water partition coefficient (Wildman–Crippen LogP) is 3.93. The van der Waals surface area contributed by atoms with E-state index in [1.807, 2.05) is 6.92 Å². The zero-order valence-electron chi connectivity index (χ0n) is 12.3. The van der Waals surface area contributed by atoms with Crippen LogP contribution in [0.5, 0.6) is 11.8 Å². The number of azide groups is 1. The van der Waals surface area contributed by atoms with Crippen molar-refractivity contribution in [3.8, 4) is 11.8 Å². The molecule has 0 saturated heterocycles. The maximum Gasteiger partial charge on any atom is 0.345 e. The summed E-state index contributed by atoms with van der Waals surface area (Å²) in [6, 6.07) is 6.25. The van der Waals surface area contributed by atoms with Gasteiger partial charge < -0.3 is 9.15 Å². The van der Waals surface area contributed by atoms with Gasteiger partial charge in [0.2, 0.25) is 5.28 Å². The standard InChI is InChI=1S/C14H9ClN6O3/c1-2-11-17-13(15)19-14(18-11)23-8-4-3-7-5-9(20-21-16)12(22)24-10(7)6-8/h3-6H,2H2,1H3. The molecule has 0 aliphatic heterocycles. The molecular weight excluding hydrogens is 336 g/mol. The molecule has 3 aromatic rings. The van der Waals surface area contributed by atoms with E-state index < -0.39 is 5.63 Å². The van der Waals surface area contributed by atoms with Gasteiger partial charge in [-0.05, 0) is 35.3 Å². The third-order valence-electron chi connectivity index (χ3n) is 3.00. The molecule has 0 aliphatic rings. The second-order valence-corrected chi connectivity index (χ2v) is 4.91. The molecule has 0 saturated carbocycles. The Kier molecular flexibility index (Phi) is 4.28. The highest BCUT2D eigenvalue weighted by molar-refractivity contribution is 6.28. The second kappa shape index (κ2) is 6.53. The average molecular weight is 345 g/mol. The number of aryl methyl sites for hydroxylation is 1. The molecule has 0 unspecified atom stereocenters. The van der Waals surface area contributed by atoms with Crippen molar-refractivity contribution in [1.82, 2.24) is 15.0 Å². The van der Waals surface area contributed by atoms with Gasteiger partial charge in [-0.1, -0.05) is 12.0 Å². The Morgan fingerprint density at radius 3 is 2.92 bits per heavy atom. The van der Waals surface area contributed by atoms with E-state index in [1.54, 1.807) is 12.1 Å². The molecule has 3 rings (SSSR count). The Morgan fingerprint density at radius 2 is 2.17 bits per heavy atom. The molecule has 0 fully saturated rings. The van der Waals surface area contributed by atoms with Crippen LogP contribution in [-0.2, 0) is 6.42 Å². The molecule has 1 aromatic carbocycles. The van der Waals surface area contributed by atoms with Crippen LogP contribution in [0.25, 0.3) is 21.4 Å². The summed E-state index contributed by atoms with van der Waals surface area (Å²) in [6.45, 7) is 1.88. The number of hydrogen-bond acceptors (Lipinski definition) is 7. The van der Waals surface area contributed by atoms with Gasteiger partial charge >= 0.3 is 11.6 Å². The van der Waals surface area contributed by atoms with Crippen molar-refractivity contribution in [2.24, 2.45) is 5.11 Å². The van der Waals surface area contributed by atoms with Crippen LogP contribution in [0, 0.1) is 0 Å².